The standard InChI is InChI=1S/C13H17BrN2O/c1-9(2)16-7-3-4-13(17)15-11-8-10(14)5-6-12(11)16/h5-6,8-9H,3-4,7H2,1-2H3,(H,15,17). The number of nitrogens with zero attached hydrogens (tertiary/aromatic N) is 1. The molecule has 92 valence electrons. The molecule has 0 aliphatic carbocycles. The van der Waals surface area contributed by atoms with Crippen LogP contribution >= 0.6 is 15.9 Å². The Kier molecular flexibility index (Phi) is 3.72. The molecular formula is C13H17BrN2O. The number of nitrogens with one attached hydrogen (secondary N) is 1. The number of anilines is 2. The van der Waals surface area contributed by atoms with E-state index in [4.69, 9.17) is 0 Å². The van der Waals surface area contributed by atoms with E-state index in [1.54, 1.807) is 0 Å². The largest absolute Gasteiger partial charge is 0.367 e. The third-order valence-corrected chi connectivity index (χ3v) is 3.46. The highest BCUT2D eigenvalue weighted by Crippen LogP contribution is 2.32. The van der Waals surface area contributed by atoms with Gasteiger partial charge in [0, 0.05) is 23.5 Å². The first-order chi connectivity index (χ1) is 8.08. The lowest BCUT2D eigenvalue weighted by Crippen LogP contribution is -2.34. The van der Waals surface area contributed by atoms with E-state index in [2.05, 4.69) is 46.1 Å². The van der Waals surface area contributed by atoms with Crippen LogP contribution in [0.3, 0.4) is 0 Å². The molecule has 0 fully saturated rings. The van der Waals surface area contributed by atoms with Gasteiger partial charge >= 0.3 is 0 Å². The number of carbonyl (C=O) groups excluding carboxylic acids is 1. The van der Waals surface area contributed by atoms with E-state index >= 15 is 0 Å². The van der Waals surface area contributed by atoms with Crippen molar-refractivity contribution >= 4 is 33.2 Å². The molecule has 0 saturated heterocycles. The van der Waals surface area contributed by atoms with Crippen molar-refractivity contribution in [3.8, 4) is 0 Å². The van der Waals surface area contributed by atoms with Crippen LogP contribution in [0.4, 0.5) is 11.4 Å². The van der Waals surface area contributed by atoms with Crippen LogP contribution in [-0.2, 0) is 4.79 Å². The minimum atomic E-state index is 0.104. The fraction of sp³-hybridized carbons (Fsp3) is 0.462. The van der Waals surface area contributed by atoms with Gasteiger partial charge in [0.1, 0.15) is 0 Å². The number of hydrogen-bond donors (Lipinski definition) is 1. The number of hydrogen-bond acceptors (Lipinski definition) is 2. The zero-order valence-electron chi connectivity index (χ0n) is 10.2. The molecule has 1 aliphatic heterocycles. The summed E-state index contributed by atoms with van der Waals surface area (Å²) in [5.74, 6) is 0.104. The molecule has 3 nitrogen and oxygen atoms in total. The predicted octanol–water partition coefficient (Wildman–Crippen LogP) is 3.40. The second-order valence-corrected chi connectivity index (χ2v) is 5.52. The summed E-state index contributed by atoms with van der Waals surface area (Å²) in [5.41, 5.74) is 2.01. The zero-order valence-corrected chi connectivity index (χ0v) is 11.8. The van der Waals surface area contributed by atoms with Crippen LogP contribution in [0.5, 0.6) is 0 Å². The summed E-state index contributed by atoms with van der Waals surface area (Å²) in [6.45, 7) is 5.28. The topological polar surface area (TPSA) is 32.3 Å². The summed E-state index contributed by atoms with van der Waals surface area (Å²) in [6, 6.07) is 6.48. The summed E-state index contributed by atoms with van der Waals surface area (Å²) < 4.78 is 0.987. The second-order valence-electron chi connectivity index (χ2n) is 4.60. The van der Waals surface area contributed by atoms with Gasteiger partial charge in [-0.1, -0.05) is 15.9 Å². The Bertz CT molecular complexity index is 431. The van der Waals surface area contributed by atoms with E-state index < -0.39 is 0 Å². The Morgan fingerprint density at radius 1 is 1.41 bits per heavy atom. The monoisotopic (exact) mass is 296 g/mol. The molecule has 1 N–H and O–H groups in total. The van der Waals surface area contributed by atoms with Crippen molar-refractivity contribution < 1.29 is 4.79 Å². The Balaban J connectivity index is 2.44. The fourth-order valence-electron chi connectivity index (χ4n) is 2.14. The van der Waals surface area contributed by atoms with Crippen LogP contribution in [0.1, 0.15) is 26.7 Å². The van der Waals surface area contributed by atoms with E-state index in [1.807, 2.05) is 12.1 Å². The van der Waals surface area contributed by atoms with Crippen molar-refractivity contribution in [2.45, 2.75) is 32.7 Å². The zero-order chi connectivity index (χ0) is 12.4. The maximum atomic E-state index is 11.6. The van der Waals surface area contributed by atoms with Crippen molar-refractivity contribution in [2.75, 3.05) is 16.8 Å². The number of halogens is 1. The van der Waals surface area contributed by atoms with E-state index in [1.165, 1.54) is 0 Å². The van der Waals surface area contributed by atoms with Gasteiger partial charge in [0.15, 0.2) is 0 Å². The minimum absolute atomic E-state index is 0.104. The first kappa shape index (κ1) is 12.4. The lowest BCUT2D eigenvalue weighted by Gasteiger charge is -2.32. The summed E-state index contributed by atoms with van der Waals surface area (Å²) in [6.07, 6.45) is 1.49. The fourth-order valence-corrected chi connectivity index (χ4v) is 2.50. The normalized spacial score (nSPS) is 16.2. The van der Waals surface area contributed by atoms with Crippen LogP contribution < -0.4 is 10.2 Å². The smallest absolute Gasteiger partial charge is 0.224 e. The van der Waals surface area contributed by atoms with E-state index in [9.17, 15) is 4.79 Å². The number of carbonyl (C=O) groups is 1. The van der Waals surface area contributed by atoms with Crippen molar-refractivity contribution in [1.82, 2.24) is 0 Å². The van der Waals surface area contributed by atoms with Crippen molar-refractivity contribution in [1.29, 1.82) is 0 Å². The van der Waals surface area contributed by atoms with Crippen LogP contribution in [0, 0.1) is 0 Å². The van der Waals surface area contributed by atoms with Crippen LogP contribution in [0.2, 0.25) is 0 Å². The lowest BCUT2D eigenvalue weighted by molar-refractivity contribution is -0.116. The molecule has 1 aromatic carbocycles. The molecule has 1 amide bonds. The maximum absolute atomic E-state index is 11.6. The molecule has 2 rings (SSSR count). The molecule has 0 unspecified atom stereocenters. The van der Waals surface area contributed by atoms with Gasteiger partial charge < -0.3 is 10.2 Å². The molecule has 17 heavy (non-hydrogen) atoms. The summed E-state index contributed by atoms with van der Waals surface area (Å²) in [5, 5.41) is 2.98. The van der Waals surface area contributed by atoms with Crippen molar-refractivity contribution in [3.63, 3.8) is 0 Å². The third-order valence-electron chi connectivity index (χ3n) is 2.97. The van der Waals surface area contributed by atoms with Gasteiger partial charge in [-0.3, -0.25) is 4.79 Å². The van der Waals surface area contributed by atoms with Crippen molar-refractivity contribution in [3.05, 3.63) is 22.7 Å². The van der Waals surface area contributed by atoms with Crippen LogP contribution in [0.15, 0.2) is 22.7 Å². The Labute approximate surface area is 110 Å². The first-order valence-electron chi connectivity index (χ1n) is 5.94. The van der Waals surface area contributed by atoms with Gasteiger partial charge in [0.05, 0.1) is 11.4 Å². The molecule has 1 aliphatic rings. The number of amides is 1. The van der Waals surface area contributed by atoms with E-state index in [-0.39, 0.29) is 5.91 Å². The van der Waals surface area contributed by atoms with E-state index in [0.29, 0.717) is 12.5 Å². The lowest BCUT2D eigenvalue weighted by atomic mass is 10.1. The molecule has 0 aromatic heterocycles. The molecule has 4 heteroatoms. The molecule has 0 radical (unpaired) electrons. The van der Waals surface area contributed by atoms with Crippen LogP contribution in [0.25, 0.3) is 0 Å². The Morgan fingerprint density at radius 3 is 2.88 bits per heavy atom. The summed E-state index contributed by atoms with van der Waals surface area (Å²) in [4.78, 5) is 14.0. The maximum Gasteiger partial charge on any atom is 0.224 e. The average molecular weight is 297 g/mol. The highest BCUT2D eigenvalue weighted by molar-refractivity contribution is 9.10. The first-order valence-corrected chi connectivity index (χ1v) is 6.73. The summed E-state index contributed by atoms with van der Waals surface area (Å²) >= 11 is 3.44. The van der Waals surface area contributed by atoms with Gasteiger partial charge in [-0.05, 0) is 38.5 Å². The average Bonchev–Trinajstić information content (AvgIpc) is 2.22. The highest BCUT2D eigenvalue weighted by atomic mass is 79.9. The number of rotatable bonds is 1. The van der Waals surface area contributed by atoms with E-state index in [0.717, 1.165) is 28.8 Å². The van der Waals surface area contributed by atoms with Gasteiger partial charge in [0.25, 0.3) is 0 Å². The number of benzene rings is 1. The third kappa shape index (κ3) is 2.80. The predicted molar refractivity (Wildman–Crippen MR) is 74.5 cm³/mol. The Hall–Kier alpha value is -1.03. The van der Waals surface area contributed by atoms with Gasteiger partial charge in [0.2, 0.25) is 5.91 Å². The highest BCUT2D eigenvalue weighted by Gasteiger charge is 2.19. The van der Waals surface area contributed by atoms with Gasteiger partial charge in [-0.25, -0.2) is 0 Å². The summed E-state index contributed by atoms with van der Waals surface area (Å²) in [7, 11) is 0. The Morgan fingerprint density at radius 2 is 2.18 bits per heavy atom. The molecule has 1 heterocycles. The second kappa shape index (κ2) is 5.08. The quantitative estimate of drug-likeness (QED) is 0.861. The minimum Gasteiger partial charge on any atom is -0.367 e. The van der Waals surface area contributed by atoms with Gasteiger partial charge in [-0.15, -0.1) is 0 Å². The number of fused-ring (bicyclic) bond motifs is 1. The molecule has 0 spiro atoms. The molecular weight excluding hydrogens is 280 g/mol. The van der Waals surface area contributed by atoms with Crippen LogP contribution in [-0.4, -0.2) is 18.5 Å². The molecule has 1 aromatic rings. The molecule has 0 bridgehead atoms. The SMILES string of the molecule is CC(C)N1CCCC(=O)Nc2cc(Br)ccc21. The van der Waals surface area contributed by atoms with Crippen molar-refractivity contribution in [2.24, 2.45) is 0 Å². The molecule has 0 saturated carbocycles. The van der Waals surface area contributed by atoms with Gasteiger partial charge in [-0.2, -0.15) is 0 Å². The molecule has 0 atom stereocenters.